The largest absolute Gasteiger partial charge is 0.465 e. The summed E-state index contributed by atoms with van der Waals surface area (Å²) in [6, 6.07) is 0. The molecule has 0 rings (SSSR count). The number of carbonyl (C=O) groups is 2. The number of aliphatic hydroxyl groups is 4. The second kappa shape index (κ2) is 34.7. The minimum Gasteiger partial charge on any atom is -0.465 e. The number of carbonyl (C=O) groups excluding carboxylic acids is 2. The molecule has 0 aliphatic rings. The minimum absolute atomic E-state index is 0.196. The van der Waals surface area contributed by atoms with Crippen LogP contribution in [0.4, 0.5) is 0 Å². The van der Waals surface area contributed by atoms with Crippen LogP contribution < -0.4 is 0 Å². The molecule has 288 valence electrons. The molecule has 0 radical (unpaired) electrons. The molecule has 0 aromatic rings. The molecule has 0 aromatic heterocycles. The number of esters is 2. The zero-order valence-electron chi connectivity index (χ0n) is 31.6. The lowest BCUT2D eigenvalue weighted by molar-refractivity contribution is -0.159. The fraction of sp³-hybridized carbons (Fsp3) is 0.854. The topological polar surface area (TPSA) is 134 Å². The lowest BCUT2D eigenvalue weighted by Gasteiger charge is -2.28. The van der Waals surface area contributed by atoms with Crippen LogP contribution >= 0.6 is 0 Å². The fourth-order valence-corrected chi connectivity index (χ4v) is 5.60. The van der Waals surface area contributed by atoms with Gasteiger partial charge in [0, 0.05) is 12.8 Å². The van der Waals surface area contributed by atoms with Gasteiger partial charge in [0.05, 0.1) is 30.8 Å². The summed E-state index contributed by atoms with van der Waals surface area (Å²) < 4.78 is 10.7. The van der Waals surface area contributed by atoms with Crippen LogP contribution in [0.5, 0.6) is 0 Å². The van der Waals surface area contributed by atoms with Crippen LogP contribution in [0.3, 0.4) is 0 Å². The van der Waals surface area contributed by atoms with Gasteiger partial charge in [0.15, 0.2) is 0 Å². The van der Waals surface area contributed by atoms with E-state index >= 15 is 0 Å². The van der Waals surface area contributed by atoms with Crippen molar-refractivity contribution in [2.45, 2.75) is 193 Å². The zero-order valence-corrected chi connectivity index (χ0v) is 31.6. The van der Waals surface area contributed by atoms with Crippen molar-refractivity contribution in [2.24, 2.45) is 5.41 Å². The molecule has 0 unspecified atom stereocenters. The van der Waals surface area contributed by atoms with Crippen molar-refractivity contribution in [1.82, 2.24) is 0 Å². The average molecular weight is 697 g/mol. The first-order chi connectivity index (χ1) is 23.8. The first kappa shape index (κ1) is 47.3. The Balaban J connectivity index is 3.89. The van der Waals surface area contributed by atoms with Gasteiger partial charge in [-0.3, -0.25) is 9.59 Å². The second-order valence-electron chi connectivity index (χ2n) is 14.2. The predicted octanol–water partition coefficient (Wildman–Crippen LogP) is 9.06. The van der Waals surface area contributed by atoms with Crippen LogP contribution in [0.25, 0.3) is 0 Å². The van der Waals surface area contributed by atoms with Crippen molar-refractivity contribution in [3.63, 3.8) is 0 Å². The fourth-order valence-electron chi connectivity index (χ4n) is 5.60. The van der Waals surface area contributed by atoms with E-state index in [2.05, 4.69) is 38.2 Å². The maximum atomic E-state index is 12.3. The molecule has 0 heterocycles. The maximum absolute atomic E-state index is 12.3. The van der Waals surface area contributed by atoms with Gasteiger partial charge in [-0.15, -0.1) is 0 Å². The Bertz CT molecular complexity index is 745. The summed E-state index contributed by atoms with van der Waals surface area (Å²) in [5.41, 5.74) is -1.21. The Morgan fingerprint density at radius 1 is 0.531 bits per heavy atom. The molecule has 0 saturated heterocycles. The van der Waals surface area contributed by atoms with Gasteiger partial charge in [0.1, 0.15) is 13.2 Å². The maximum Gasteiger partial charge on any atom is 0.305 e. The molecular weight excluding hydrogens is 620 g/mol. The van der Waals surface area contributed by atoms with Crippen LogP contribution in [0.1, 0.15) is 181 Å². The van der Waals surface area contributed by atoms with Crippen molar-refractivity contribution in [2.75, 3.05) is 26.4 Å². The number of ether oxygens (including phenoxy) is 2. The summed E-state index contributed by atoms with van der Waals surface area (Å²) in [6.07, 6.45) is 33.1. The van der Waals surface area contributed by atoms with Crippen LogP contribution in [0, 0.1) is 5.41 Å². The highest BCUT2D eigenvalue weighted by Gasteiger charge is 2.33. The van der Waals surface area contributed by atoms with Crippen LogP contribution in [-0.2, 0) is 19.1 Å². The molecule has 0 fully saturated rings. The van der Waals surface area contributed by atoms with Gasteiger partial charge in [0.25, 0.3) is 0 Å². The first-order valence-corrected chi connectivity index (χ1v) is 20.0. The Morgan fingerprint density at radius 2 is 0.898 bits per heavy atom. The number of unbranched alkanes of at least 4 members (excludes halogenated alkanes) is 16. The van der Waals surface area contributed by atoms with Crippen molar-refractivity contribution < 1.29 is 39.5 Å². The van der Waals surface area contributed by atoms with Crippen molar-refractivity contribution in [3.05, 3.63) is 24.3 Å². The van der Waals surface area contributed by atoms with Crippen LogP contribution in [0.2, 0.25) is 0 Å². The van der Waals surface area contributed by atoms with Gasteiger partial charge in [-0.25, -0.2) is 0 Å². The molecule has 0 bridgehead atoms. The molecule has 0 aliphatic carbocycles. The van der Waals surface area contributed by atoms with Crippen molar-refractivity contribution in [3.8, 4) is 0 Å². The number of hydrogen-bond acceptors (Lipinski definition) is 8. The average Bonchev–Trinajstić information content (AvgIpc) is 3.10. The van der Waals surface area contributed by atoms with Crippen molar-refractivity contribution >= 4 is 11.9 Å². The zero-order chi connectivity index (χ0) is 36.3. The molecule has 4 N–H and O–H groups in total. The quantitative estimate of drug-likeness (QED) is 0.0290. The van der Waals surface area contributed by atoms with E-state index in [-0.39, 0.29) is 50.2 Å². The summed E-state index contributed by atoms with van der Waals surface area (Å²) >= 11 is 0. The van der Waals surface area contributed by atoms with E-state index in [1.807, 2.05) is 0 Å². The molecule has 0 aliphatic heterocycles. The Kier molecular flexibility index (Phi) is 33.5. The smallest absolute Gasteiger partial charge is 0.305 e. The van der Waals surface area contributed by atoms with Gasteiger partial charge < -0.3 is 29.9 Å². The monoisotopic (exact) mass is 697 g/mol. The first-order valence-electron chi connectivity index (χ1n) is 20.0. The third-order valence-corrected chi connectivity index (χ3v) is 9.18. The van der Waals surface area contributed by atoms with E-state index in [1.165, 1.54) is 38.5 Å². The van der Waals surface area contributed by atoms with Crippen LogP contribution in [0.15, 0.2) is 24.3 Å². The molecule has 0 spiro atoms. The van der Waals surface area contributed by atoms with Gasteiger partial charge in [-0.2, -0.15) is 0 Å². The van der Waals surface area contributed by atoms with E-state index in [4.69, 9.17) is 9.47 Å². The van der Waals surface area contributed by atoms with E-state index in [0.29, 0.717) is 0 Å². The Hall–Kier alpha value is -1.74. The predicted molar refractivity (Wildman–Crippen MR) is 200 cm³/mol. The van der Waals surface area contributed by atoms with Crippen LogP contribution in [-0.4, -0.2) is 71.0 Å². The van der Waals surface area contributed by atoms with Crippen molar-refractivity contribution in [1.29, 1.82) is 0 Å². The minimum atomic E-state index is -1.21. The van der Waals surface area contributed by atoms with E-state index in [0.717, 1.165) is 116 Å². The molecule has 2 atom stereocenters. The highest BCUT2D eigenvalue weighted by Crippen LogP contribution is 2.19. The van der Waals surface area contributed by atoms with E-state index < -0.39 is 18.6 Å². The molecule has 8 nitrogen and oxygen atoms in total. The lowest BCUT2D eigenvalue weighted by Crippen LogP contribution is -2.41. The van der Waals surface area contributed by atoms with E-state index in [9.17, 15) is 30.0 Å². The molecular formula is C41H76O8. The SMILES string of the molecule is CCCCCC[C@@H](O)CC=CCCCCCCCC(=O)OCC(CO)(CO)COC(=O)CCCCCCCC=CC[C@H](O)CCCCCC. The second-order valence-corrected chi connectivity index (χ2v) is 14.2. The summed E-state index contributed by atoms with van der Waals surface area (Å²) in [4.78, 5) is 24.5. The van der Waals surface area contributed by atoms with E-state index in [1.54, 1.807) is 0 Å². The Labute approximate surface area is 300 Å². The number of rotatable bonds is 36. The lowest BCUT2D eigenvalue weighted by atomic mass is 9.92. The van der Waals surface area contributed by atoms with Gasteiger partial charge in [-0.05, 0) is 64.2 Å². The third-order valence-electron chi connectivity index (χ3n) is 9.18. The molecule has 0 aromatic carbocycles. The highest BCUT2D eigenvalue weighted by molar-refractivity contribution is 5.69. The third kappa shape index (κ3) is 30.8. The van der Waals surface area contributed by atoms with Gasteiger partial charge in [-0.1, -0.05) is 128 Å². The molecule has 0 saturated carbocycles. The van der Waals surface area contributed by atoms with Gasteiger partial charge >= 0.3 is 11.9 Å². The summed E-state index contributed by atoms with van der Waals surface area (Å²) in [5.74, 6) is -0.751. The molecule has 8 heteroatoms. The highest BCUT2D eigenvalue weighted by atomic mass is 16.5. The summed E-state index contributed by atoms with van der Waals surface area (Å²) in [7, 11) is 0. The summed E-state index contributed by atoms with van der Waals surface area (Å²) in [5, 5.41) is 39.8. The Morgan fingerprint density at radius 3 is 1.29 bits per heavy atom. The van der Waals surface area contributed by atoms with Gasteiger partial charge in [0.2, 0.25) is 0 Å². The standard InChI is InChI=1S/C41H76O8/c1-3-5-7-21-27-37(44)29-23-17-13-9-11-15-19-25-31-39(46)48-35-41(33-42,34-43)36-49-40(47)32-26-20-16-12-10-14-18-24-30-38(45)28-22-8-6-4-2/h17-18,23-24,37-38,42-45H,3-16,19-22,25-36H2,1-2H3/t37-,38-/m1/s1. The number of allylic oxidation sites excluding steroid dienone is 2. The normalized spacial score (nSPS) is 13.3. The molecule has 49 heavy (non-hydrogen) atoms. The number of hydrogen-bond donors (Lipinski definition) is 4. The molecule has 0 amide bonds. The number of aliphatic hydroxyl groups excluding tert-OH is 4. The summed E-state index contributed by atoms with van der Waals surface area (Å²) in [6.45, 7) is 3.08.